The second kappa shape index (κ2) is 7.86. The van der Waals surface area contributed by atoms with Crippen LogP contribution in [0.5, 0.6) is 5.75 Å². The average molecular weight is 302 g/mol. The molecule has 0 spiro atoms. The van der Waals surface area contributed by atoms with E-state index >= 15 is 0 Å². The standard InChI is InChI=1S/C14H17F3N2O2/c1-19(6-5-14(15,16)17)9-12(20)10-21-13-4-2-3-11(7-13)8-18/h2-4,7,12,20H,5-6,9-10H2,1H3. The van der Waals surface area contributed by atoms with E-state index in [1.807, 2.05) is 6.07 Å². The van der Waals surface area contributed by atoms with Crippen molar-refractivity contribution in [2.75, 3.05) is 26.7 Å². The van der Waals surface area contributed by atoms with Gasteiger partial charge in [0.15, 0.2) is 0 Å². The highest BCUT2D eigenvalue weighted by Crippen LogP contribution is 2.19. The molecule has 4 nitrogen and oxygen atoms in total. The first-order chi connectivity index (χ1) is 9.80. The Balaban J connectivity index is 2.33. The SMILES string of the molecule is CN(CCC(F)(F)F)CC(O)COc1cccc(C#N)c1. The smallest absolute Gasteiger partial charge is 0.390 e. The zero-order valence-corrected chi connectivity index (χ0v) is 11.6. The molecule has 0 radical (unpaired) electrons. The summed E-state index contributed by atoms with van der Waals surface area (Å²) in [5.74, 6) is 0.436. The number of rotatable bonds is 7. The summed E-state index contributed by atoms with van der Waals surface area (Å²) in [6, 6.07) is 8.40. The molecular weight excluding hydrogens is 285 g/mol. The number of hydrogen-bond donors (Lipinski definition) is 1. The van der Waals surface area contributed by atoms with Crippen LogP contribution in [0, 0.1) is 11.3 Å². The van der Waals surface area contributed by atoms with Gasteiger partial charge in [-0.05, 0) is 25.2 Å². The number of alkyl halides is 3. The van der Waals surface area contributed by atoms with Crippen molar-refractivity contribution < 1.29 is 23.0 Å². The van der Waals surface area contributed by atoms with E-state index in [1.54, 1.807) is 18.2 Å². The number of benzene rings is 1. The minimum absolute atomic E-state index is 0.0504. The summed E-state index contributed by atoms with van der Waals surface area (Å²) < 4.78 is 41.5. The van der Waals surface area contributed by atoms with Crippen molar-refractivity contribution in [2.45, 2.75) is 18.7 Å². The van der Waals surface area contributed by atoms with E-state index in [0.29, 0.717) is 11.3 Å². The predicted molar refractivity (Wildman–Crippen MR) is 70.8 cm³/mol. The van der Waals surface area contributed by atoms with Gasteiger partial charge in [0.05, 0.1) is 18.1 Å². The van der Waals surface area contributed by atoms with Gasteiger partial charge in [0.1, 0.15) is 18.5 Å². The quantitative estimate of drug-likeness (QED) is 0.839. The lowest BCUT2D eigenvalue weighted by molar-refractivity contribution is -0.138. The summed E-state index contributed by atoms with van der Waals surface area (Å²) in [4.78, 5) is 1.40. The normalized spacial score (nSPS) is 13.0. The fourth-order valence-corrected chi connectivity index (χ4v) is 1.67. The van der Waals surface area contributed by atoms with Gasteiger partial charge >= 0.3 is 6.18 Å². The lowest BCUT2D eigenvalue weighted by Gasteiger charge is -2.21. The van der Waals surface area contributed by atoms with Crippen molar-refractivity contribution in [3.8, 4) is 11.8 Å². The van der Waals surface area contributed by atoms with Gasteiger partial charge in [0.2, 0.25) is 0 Å². The molecule has 0 bridgehead atoms. The summed E-state index contributed by atoms with van der Waals surface area (Å²) in [5, 5.41) is 18.5. The van der Waals surface area contributed by atoms with Crippen LogP contribution in [-0.4, -0.2) is 49.0 Å². The molecule has 1 N–H and O–H groups in total. The molecule has 0 fully saturated rings. The van der Waals surface area contributed by atoms with E-state index in [9.17, 15) is 18.3 Å². The largest absolute Gasteiger partial charge is 0.491 e. The van der Waals surface area contributed by atoms with Crippen molar-refractivity contribution in [3.63, 3.8) is 0 Å². The van der Waals surface area contributed by atoms with Crippen LogP contribution < -0.4 is 4.74 Å². The summed E-state index contributed by atoms with van der Waals surface area (Å²) in [7, 11) is 1.51. The predicted octanol–water partition coefficient (Wildman–Crippen LogP) is 2.18. The number of nitrogens with zero attached hydrogens (tertiary/aromatic N) is 2. The zero-order valence-electron chi connectivity index (χ0n) is 11.6. The first kappa shape index (κ1) is 17.3. The minimum Gasteiger partial charge on any atom is -0.491 e. The number of halogens is 3. The second-order valence-electron chi connectivity index (χ2n) is 4.73. The maximum atomic E-state index is 12.1. The topological polar surface area (TPSA) is 56.5 Å². The number of aliphatic hydroxyl groups excluding tert-OH is 1. The van der Waals surface area contributed by atoms with Crippen LogP contribution in [0.2, 0.25) is 0 Å². The number of ether oxygens (including phenoxy) is 1. The summed E-state index contributed by atoms with van der Waals surface area (Å²) in [6.07, 6.45) is -6.02. The van der Waals surface area contributed by atoms with E-state index in [1.165, 1.54) is 18.0 Å². The van der Waals surface area contributed by atoms with Crippen LogP contribution in [-0.2, 0) is 0 Å². The molecule has 0 aliphatic heterocycles. The molecule has 0 aliphatic rings. The van der Waals surface area contributed by atoms with Crippen molar-refractivity contribution in [3.05, 3.63) is 29.8 Å². The van der Waals surface area contributed by atoms with E-state index in [4.69, 9.17) is 10.00 Å². The fraction of sp³-hybridized carbons (Fsp3) is 0.500. The van der Waals surface area contributed by atoms with Gasteiger partial charge in [0, 0.05) is 13.1 Å². The minimum atomic E-state index is -4.20. The van der Waals surface area contributed by atoms with E-state index < -0.39 is 18.7 Å². The second-order valence-corrected chi connectivity index (χ2v) is 4.73. The Kier molecular flexibility index (Phi) is 6.46. The molecule has 1 atom stereocenters. The maximum Gasteiger partial charge on any atom is 0.390 e. The van der Waals surface area contributed by atoms with Crippen LogP contribution in [0.3, 0.4) is 0 Å². The highest BCUT2D eigenvalue weighted by molar-refractivity contribution is 5.36. The zero-order chi connectivity index (χ0) is 15.9. The number of nitriles is 1. The first-order valence-corrected chi connectivity index (χ1v) is 6.36. The summed E-state index contributed by atoms with van der Waals surface area (Å²) >= 11 is 0. The van der Waals surface area contributed by atoms with Crippen molar-refractivity contribution in [1.82, 2.24) is 4.90 Å². The molecule has 0 aliphatic carbocycles. The Morgan fingerprint density at radius 2 is 2.14 bits per heavy atom. The van der Waals surface area contributed by atoms with Crippen LogP contribution >= 0.6 is 0 Å². The van der Waals surface area contributed by atoms with Gasteiger partial charge in [-0.2, -0.15) is 18.4 Å². The van der Waals surface area contributed by atoms with Crippen LogP contribution in [0.15, 0.2) is 24.3 Å². The molecule has 0 heterocycles. The van der Waals surface area contributed by atoms with Crippen molar-refractivity contribution >= 4 is 0 Å². The summed E-state index contributed by atoms with van der Waals surface area (Å²) in [6.45, 7) is -0.149. The molecule has 116 valence electrons. The molecule has 0 amide bonds. The van der Waals surface area contributed by atoms with Gasteiger partial charge in [-0.15, -0.1) is 0 Å². The number of likely N-dealkylation sites (N-methyl/N-ethyl adjacent to an activating group) is 1. The third-order valence-corrected chi connectivity index (χ3v) is 2.70. The van der Waals surface area contributed by atoms with Gasteiger partial charge in [0.25, 0.3) is 0 Å². The highest BCUT2D eigenvalue weighted by Gasteiger charge is 2.27. The first-order valence-electron chi connectivity index (χ1n) is 6.36. The molecule has 21 heavy (non-hydrogen) atoms. The Labute approximate surface area is 121 Å². The fourth-order valence-electron chi connectivity index (χ4n) is 1.67. The molecule has 1 unspecified atom stereocenters. The molecule has 0 saturated heterocycles. The molecule has 1 aromatic rings. The Morgan fingerprint density at radius 3 is 2.76 bits per heavy atom. The van der Waals surface area contributed by atoms with Gasteiger partial charge in [-0.1, -0.05) is 6.07 Å². The third-order valence-electron chi connectivity index (χ3n) is 2.70. The van der Waals surface area contributed by atoms with E-state index in [-0.39, 0.29) is 19.7 Å². The summed E-state index contributed by atoms with van der Waals surface area (Å²) in [5.41, 5.74) is 0.435. The van der Waals surface area contributed by atoms with Crippen LogP contribution in [0.1, 0.15) is 12.0 Å². The monoisotopic (exact) mass is 302 g/mol. The number of hydrogen-bond acceptors (Lipinski definition) is 4. The van der Waals surface area contributed by atoms with E-state index in [2.05, 4.69) is 0 Å². The lowest BCUT2D eigenvalue weighted by atomic mass is 10.2. The Bertz CT molecular complexity index is 486. The van der Waals surface area contributed by atoms with Gasteiger partial charge < -0.3 is 14.7 Å². The van der Waals surface area contributed by atoms with Crippen LogP contribution in [0.25, 0.3) is 0 Å². The third kappa shape index (κ3) is 7.54. The van der Waals surface area contributed by atoms with Gasteiger partial charge in [-0.3, -0.25) is 0 Å². The number of aliphatic hydroxyl groups is 1. The van der Waals surface area contributed by atoms with Crippen molar-refractivity contribution in [1.29, 1.82) is 5.26 Å². The Morgan fingerprint density at radius 1 is 1.43 bits per heavy atom. The van der Waals surface area contributed by atoms with E-state index in [0.717, 1.165) is 0 Å². The Hall–Kier alpha value is -1.78. The highest BCUT2D eigenvalue weighted by atomic mass is 19.4. The molecule has 0 aromatic heterocycles. The maximum absolute atomic E-state index is 12.1. The van der Waals surface area contributed by atoms with Crippen LogP contribution in [0.4, 0.5) is 13.2 Å². The average Bonchev–Trinajstić information content (AvgIpc) is 2.42. The lowest BCUT2D eigenvalue weighted by Crippen LogP contribution is -2.35. The molecule has 0 saturated carbocycles. The van der Waals surface area contributed by atoms with Crippen molar-refractivity contribution in [2.24, 2.45) is 0 Å². The molecule has 1 rings (SSSR count). The molecule has 1 aromatic carbocycles. The van der Waals surface area contributed by atoms with Gasteiger partial charge in [-0.25, -0.2) is 0 Å². The molecule has 7 heteroatoms. The molecular formula is C14H17F3N2O2.